The van der Waals surface area contributed by atoms with Crippen molar-refractivity contribution in [1.82, 2.24) is 0 Å². The molecule has 1 rings (SSSR count). The SMILES string of the molecule is COc1cc(COC(C)C)ccc1[N+](=O)[O-]. The summed E-state index contributed by atoms with van der Waals surface area (Å²) in [6.45, 7) is 4.29. The van der Waals surface area contributed by atoms with Gasteiger partial charge in [-0.25, -0.2) is 0 Å². The molecule has 0 fully saturated rings. The van der Waals surface area contributed by atoms with Crippen LogP contribution in [0, 0.1) is 10.1 Å². The number of benzene rings is 1. The number of ether oxygens (including phenoxy) is 2. The van der Waals surface area contributed by atoms with E-state index in [4.69, 9.17) is 9.47 Å². The van der Waals surface area contributed by atoms with E-state index in [2.05, 4.69) is 0 Å². The van der Waals surface area contributed by atoms with Crippen molar-refractivity contribution in [2.24, 2.45) is 0 Å². The highest BCUT2D eigenvalue weighted by Gasteiger charge is 2.14. The van der Waals surface area contributed by atoms with E-state index in [-0.39, 0.29) is 17.5 Å². The van der Waals surface area contributed by atoms with E-state index in [9.17, 15) is 10.1 Å². The van der Waals surface area contributed by atoms with Crippen LogP contribution in [0.2, 0.25) is 0 Å². The molecule has 1 aromatic rings. The topological polar surface area (TPSA) is 61.6 Å². The van der Waals surface area contributed by atoms with Gasteiger partial charge in [-0.3, -0.25) is 10.1 Å². The molecule has 5 heteroatoms. The summed E-state index contributed by atoms with van der Waals surface area (Å²) in [5, 5.41) is 10.7. The maximum absolute atomic E-state index is 10.7. The Kier molecular flexibility index (Phi) is 4.25. The van der Waals surface area contributed by atoms with Crippen molar-refractivity contribution >= 4 is 5.69 Å². The molecule has 0 spiro atoms. The molecule has 0 aliphatic heterocycles. The zero-order valence-electron chi connectivity index (χ0n) is 9.60. The Morgan fingerprint density at radius 2 is 2.12 bits per heavy atom. The molecule has 0 N–H and O–H groups in total. The number of nitro groups is 1. The van der Waals surface area contributed by atoms with E-state index in [0.717, 1.165) is 5.56 Å². The van der Waals surface area contributed by atoms with Gasteiger partial charge in [-0.15, -0.1) is 0 Å². The summed E-state index contributed by atoms with van der Waals surface area (Å²) in [7, 11) is 1.41. The van der Waals surface area contributed by atoms with Gasteiger partial charge in [0.25, 0.3) is 0 Å². The maximum Gasteiger partial charge on any atom is 0.310 e. The number of methoxy groups -OCH3 is 1. The number of nitro benzene ring substituents is 1. The maximum atomic E-state index is 10.7. The lowest BCUT2D eigenvalue weighted by molar-refractivity contribution is -0.385. The third-order valence-electron chi connectivity index (χ3n) is 2.02. The van der Waals surface area contributed by atoms with E-state index in [1.807, 2.05) is 13.8 Å². The van der Waals surface area contributed by atoms with Crippen LogP contribution in [0.1, 0.15) is 19.4 Å². The van der Waals surface area contributed by atoms with Gasteiger partial charge >= 0.3 is 5.69 Å². The second-order valence-electron chi connectivity index (χ2n) is 3.62. The number of hydrogen-bond donors (Lipinski definition) is 0. The molecule has 1 aromatic carbocycles. The highest BCUT2D eigenvalue weighted by Crippen LogP contribution is 2.27. The highest BCUT2D eigenvalue weighted by atomic mass is 16.6. The van der Waals surface area contributed by atoms with Crippen molar-refractivity contribution in [2.75, 3.05) is 7.11 Å². The molecule has 0 saturated heterocycles. The van der Waals surface area contributed by atoms with Crippen LogP contribution in [0.25, 0.3) is 0 Å². The van der Waals surface area contributed by atoms with Crippen LogP contribution in [0.5, 0.6) is 5.75 Å². The summed E-state index contributed by atoms with van der Waals surface area (Å²) < 4.78 is 10.4. The Morgan fingerprint density at radius 1 is 1.44 bits per heavy atom. The number of nitrogens with zero attached hydrogens (tertiary/aromatic N) is 1. The third-order valence-corrected chi connectivity index (χ3v) is 2.02. The Hall–Kier alpha value is -1.62. The Morgan fingerprint density at radius 3 is 2.62 bits per heavy atom. The van der Waals surface area contributed by atoms with E-state index < -0.39 is 4.92 Å². The quantitative estimate of drug-likeness (QED) is 0.570. The van der Waals surface area contributed by atoms with Gasteiger partial charge in [0.05, 0.1) is 24.7 Å². The molecule has 0 heterocycles. The van der Waals surface area contributed by atoms with Crippen molar-refractivity contribution in [3.05, 3.63) is 33.9 Å². The smallest absolute Gasteiger partial charge is 0.310 e. The van der Waals surface area contributed by atoms with Crippen LogP contribution in [0.4, 0.5) is 5.69 Å². The minimum atomic E-state index is -0.466. The fourth-order valence-corrected chi connectivity index (χ4v) is 1.23. The van der Waals surface area contributed by atoms with Gasteiger partial charge < -0.3 is 9.47 Å². The minimum absolute atomic E-state index is 0.0317. The van der Waals surface area contributed by atoms with Gasteiger partial charge in [-0.1, -0.05) is 0 Å². The number of hydrogen-bond acceptors (Lipinski definition) is 4. The first-order valence-electron chi connectivity index (χ1n) is 4.97. The van der Waals surface area contributed by atoms with Gasteiger partial charge in [0.2, 0.25) is 0 Å². The predicted molar refractivity (Wildman–Crippen MR) is 59.6 cm³/mol. The second kappa shape index (κ2) is 5.46. The summed E-state index contributed by atoms with van der Waals surface area (Å²) >= 11 is 0. The lowest BCUT2D eigenvalue weighted by Crippen LogP contribution is -2.03. The van der Waals surface area contributed by atoms with Gasteiger partial charge in [0.15, 0.2) is 5.75 Å². The monoisotopic (exact) mass is 225 g/mol. The zero-order chi connectivity index (χ0) is 12.1. The molecule has 0 bridgehead atoms. The Bertz CT molecular complexity index is 376. The highest BCUT2D eigenvalue weighted by molar-refractivity contribution is 5.48. The molecule has 88 valence electrons. The standard InChI is InChI=1S/C11H15NO4/c1-8(2)16-7-9-4-5-10(12(13)14)11(6-9)15-3/h4-6,8H,7H2,1-3H3. The Balaban J connectivity index is 2.86. The predicted octanol–water partition coefficient (Wildman–Crippen LogP) is 2.53. The van der Waals surface area contributed by atoms with Crippen LogP contribution in [0.3, 0.4) is 0 Å². The molecular weight excluding hydrogens is 210 g/mol. The summed E-state index contributed by atoms with van der Waals surface area (Å²) in [5.74, 6) is 0.259. The van der Waals surface area contributed by atoms with Gasteiger partial charge in [0.1, 0.15) is 0 Å². The summed E-state index contributed by atoms with van der Waals surface area (Å²) in [5.41, 5.74) is 0.826. The summed E-state index contributed by atoms with van der Waals surface area (Å²) in [6, 6.07) is 4.72. The third kappa shape index (κ3) is 3.20. The van der Waals surface area contributed by atoms with E-state index in [1.54, 1.807) is 12.1 Å². The van der Waals surface area contributed by atoms with E-state index in [1.165, 1.54) is 13.2 Å². The normalized spacial score (nSPS) is 10.5. The first kappa shape index (κ1) is 12.4. The lowest BCUT2D eigenvalue weighted by atomic mass is 10.2. The van der Waals surface area contributed by atoms with Gasteiger partial charge in [-0.05, 0) is 31.5 Å². The Labute approximate surface area is 94.1 Å². The van der Waals surface area contributed by atoms with Crippen LogP contribution >= 0.6 is 0 Å². The first-order chi connectivity index (χ1) is 7.54. The second-order valence-corrected chi connectivity index (χ2v) is 3.62. The van der Waals surface area contributed by atoms with Crippen LogP contribution in [0.15, 0.2) is 18.2 Å². The molecule has 0 atom stereocenters. The molecule has 5 nitrogen and oxygen atoms in total. The molecule has 0 amide bonds. The first-order valence-corrected chi connectivity index (χ1v) is 4.97. The van der Waals surface area contributed by atoms with Crippen molar-refractivity contribution in [3.63, 3.8) is 0 Å². The largest absolute Gasteiger partial charge is 0.490 e. The van der Waals surface area contributed by atoms with E-state index in [0.29, 0.717) is 6.61 Å². The molecular formula is C11H15NO4. The molecule has 0 radical (unpaired) electrons. The van der Waals surface area contributed by atoms with Gasteiger partial charge in [-0.2, -0.15) is 0 Å². The van der Waals surface area contributed by atoms with Gasteiger partial charge in [0, 0.05) is 6.07 Å². The zero-order valence-corrected chi connectivity index (χ0v) is 9.60. The average molecular weight is 225 g/mol. The number of rotatable bonds is 5. The summed E-state index contributed by atoms with van der Waals surface area (Å²) in [4.78, 5) is 10.2. The molecule has 0 aliphatic carbocycles. The van der Waals surface area contributed by atoms with Crippen molar-refractivity contribution < 1.29 is 14.4 Å². The van der Waals surface area contributed by atoms with Crippen LogP contribution < -0.4 is 4.74 Å². The molecule has 0 aromatic heterocycles. The van der Waals surface area contributed by atoms with Crippen molar-refractivity contribution in [3.8, 4) is 5.75 Å². The summed E-state index contributed by atoms with van der Waals surface area (Å²) in [6.07, 6.45) is 0.126. The molecule has 0 unspecified atom stereocenters. The van der Waals surface area contributed by atoms with Crippen LogP contribution in [-0.2, 0) is 11.3 Å². The fourth-order valence-electron chi connectivity index (χ4n) is 1.23. The average Bonchev–Trinajstić information content (AvgIpc) is 2.25. The fraction of sp³-hybridized carbons (Fsp3) is 0.455. The molecule has 0 saturated carbocycles. The van der Waals surface area contributed by atoms with Crippen molar-refractivity contribution in [2.45, 2.75) is 26.6 Å². The molecule has 16 heavy (non-hydrogen) atoms. The lowest BCUT2D eigenvalue weighted by Gasteiger charge is -2.08. The van der Waals surface area contributed by atoms with E-state index >= 15 is 0 Å². The van der Waals surface area contributed by atoms with Crippen LogP contribution in [-0.4, -0.2) is 18.1 Å². The minimum Gasteiger partial charge on any atom is -0.490 e. The molecule has 0 aliphatic rings. The van der Waals surface area contributed by atoms with Crippen molar-refractivity contribution in [1.29, 1.82) is 0 Å².